The smallest absolute Gasteiger partial charge is 0.281 e. The Hall–Kier alpha value is -3.73. The summed E-state index contributed by atoms with van der Waals surface area (Å²) >= 11 is 1.31. The lowest BCUT2D eigenvalue weighted by Gasteiger charge is -2.07. The van der Waals surface area contributed by atoms with Gasteiger partial charge in [-0.3, -0.25) is 9.59 Å². The van der Waals surface area contributed by atoms with Gasteiger partial charge in [0.15, 0.2) is 11.5 Å². The van der Waals surface area contributed by atoms with Crippen molar-refractivity contribution in [1.82, 2.24) is 20.9 Å². The van der Waals surface area contributed by atoms with Gasteiger partial charge in [0.05, 0.1) is 32.1 Å². The van der Waals surface area contributed by atoms with Gasteiger partial charge in [0.25, 0.3) is 5.91 Å². The number of hydrogen-bond donors (Lipinski definition) is 2. The number of thiophene rings is 1. The van der Waals surface area contributed by atoms with Gasteiger partial charge >= 0.3 is 0 Å². The highest BCUT2D eigenvalue weighted by Crippen LogP contribution is 2.31. The van der Waals surface area contributed by atoms with Gasteiger partial charge in [-0.05, 0) is 36.6 Å². The highest BCUT2D eigenvalue weighted by atomic mass is 32.1. The largest absolute Gasteiger partial charge is 0.493 e. The molecule has 2 N–H and O–H groups in total. The lowest BCUT2D eigenvalue weighted by Crippen LogP contribution is -2.26. The zero-order chi connectivity index (χ0) is 22.2. The highest BCUT2D eigenvalue weighted by Gasteiger charge is 2.13. The number of hydrogen-bond acceptors (Lipinski definition) is 9. The zero-order valence-electron chi connectivity index (χ0n) is 17.2. The first-order valence-electron chi connectivity index (χ1n) is 9.19. The fraction of sp³-hybridized carbons (Fsp3) is 0.250. The van der Waals surface area contributed by atoms with Gasteiger partial charge in [-0.15, -0.1) is 11.3 Å². The summed E-state index contributed by atoms with van der Waals surface area (Å²) in [6.07, 6.45) is 0.0153. The van der Waals surface area contributed by atoms with Crippen LogP contribution in [0, 0.1) is 0 Å². The van der Waals surface area contributed by atoms with Crippen molar-refractivity contribution < 1.29 is 23.6 Å². The Morgan fingerprint density at radius 3 is 2.71 bits per heavy atom. The first-order chi connectivity index (χ1) is 15.0. The summed E-state index contributed by atoms with van der Waals surface area (Å²) in [5, 5.41) is 12.3. The summed E-state index contributed by atoms with van der Waals surface area (Å²) in [5.74, 6) is 1.13. The normalized spacial score (nSPS) is 11.1. The van der Waals surface area contributed by atoms with Crippen LogP contribution in [0.3, 0.4) is 0 Å². The standard InChI is InChI=1S/C20H21N5O5S/c1-12(23-24-20(27)16-5-4-8-31-16)9-17(26)21-11-18-22-19(25-30-18)13-6-7-14(28-2)15(10-13)29-3/h4-8,10H,9,11H2,1-3H3,(H,21,26)(H,24,27)/b23-12+. The number of methoxy groups -OCH3 is 2. The van der Waals surface area contributed by atoms with E-state index in [0.717, 1.165) is 0 Å². The Labute approximate surface area is 182 Å². The van der Waals surface area contributed by atoms with Gasteiger partial charge in [-0.25, -0.2) is 5.43 Å². The Morgan fingerprint density at radius 2 is 2.00 bits per heavy atom. The van der Waals surface area contributed by atoms with E-state index in [2.05, 4.69) is 26.0 Å². The maximum absolute atomic E-state index is 12.1. The lowest BCUT2D eigenvalue weighted by atomic mass is 10.2. The summed E-state index contributed by atoms with van der Waals surface area (Å²) in [7, 11) is 3.09. The van der Waals surface area contributed by atoms with Crippen LogP contribution in [0.5, 0.6) is 11.5 Å². The van der Waals surface area contributed by atoms with Gasteiger partial charge in [-0.1, -0.05) is 11.2 Å². The second kappa shape index (κ2) is 10.3. The molecule has 0 spiro atoms. The Bertz CT molecular complexity index is 1080. The molecule has 3 aromatic rings. The van der Waals surface area contributed by atoms with Gasteiger partial charge in [0.1, 0.15) is 0 Å². The molecule has 10 nitrogen and oxygen atoms in total. The van der Waals surface area contributed by atoms with E-state index in [-0.39, 0.29) is 30.7 Å². The van der Waals surface area contributed by atoms with Gasteiger partial charge in [-0.2, -0.15) is 10.1 Å². The molecule has 2 amide bonds. The molecule has 0 aliphatic heterocycles. The predicted octanol–water partition coefficient (Wildman–Crippen LogP) is 2.63. The van der Waals surface area contributed by atoms with Crippen LogP contribution in [0.15, 0.2) is 45.3 Å². The van der Waals surface area contributed by atoms with E-state index < -0.39 is 0 Å². The van der Waals surface area contributed by atoms with Crippen LogP contribution in [-0.2, 0) is 11.3 Å². The van der Waals surface area contributed by atoms with Crippen molar-refractivity contribution in [3.63, 3.8) is 0 Å². The molecule has 0 aliphatic carbocycles. The average molecular weight is 443 g/mol. The van der Waals surface area contributed by atoms with Crippen LogP contribution in [0.4, 0.5) is 0 Å². The summed E-state index contributed by atoms with van der Waals surface area (Å²) in [6, 6.07) is 8.72. The van der Waals surface area contributed by atoms with E-state index in [1.165, 1.54) is 18.4 Å². The maximum Gasteiger partial charge on any atom is 0.281 e. The maximum atomic E-state index is 12.1. The van der Waals surface area contributed by atoms with Crippen LogP contribution in [0.2, 0.25) is 0 Å². The molecule has 0 unspecified atom stereocenters. The molecule has 3 rings (SSSR count). The number of ether oxygens (including phenoxy) is 2. The van der Waals surface area contributed by atoms with Crippen molar-refractivity contribution in [3.8, 4) is 22.9 Å². The van der Waals surface area contributed by atoms with Crippen molar-refractivity contribution in [2.24, 2.45) is 5.10 Å². The predicted molar refractivity (Wildman–Crippen MR) is 114 cm³/mol. The van der Waals surface area contributed by atoms with Crippen LogP contribution < -0.4 is 20.2 Å². The molecule has 0 bridgehead atoms. The molecule has 0 fully saturated rings. The summed E-state index contributed by atoms with van der Waals surface area (Å²) in [4.78, 5) is 28.8. The number of benzene rings is 1. The molecule has 2 aromatic heterocycles. The number of carbonyl (C=O) groups excluding carboxylic acids is 2. The van der Waals surface area contributed by atoms with Crippen LogP contribution in [0.1, 0.15) is 28.9 Å². The first-order valence-corrected chi connectivity index (χ1v) is 10.1. The summed E-state index contributed by atoms with van der Waals surface area (Å²) in [5.41, 5.74) is 3.56. The molecule has 0 atom stereocenters. The Kier molecular flexibility index (Phi) is 7.33. The molecule has 2 heterocycles. The van der Waals surface area contributed by atoms with E-state index in [4.69, 9.17) is 14.0 Å². The number of amides is 2. The average Bonchev–Trinajstić information content (AvgIpc) is 3.48. The van der Waals surface area contributed by atoms with Crippen LogP contribution in [0.25, 0.3) is 11.4 Å². The highest BCUT2D eigenvalue weighted by molar-refractivity contribution is 7.12. The van der Waals surface area contributed by atoms with Crippen molar-refractivity contribution in [3.05, 3.63) is 46.5 Å². The van der Waals surface area contributed by atoms with Gasteiger partial charge in [0.2, 0.25) is 17.6 Å². The van der Waals surface area contributed by atoms with E-state index >= 15 is 0 Å². The summed E-state index contributed by atoms with van der Waals surface area (Å²) in [6.45, 7) is 1.71. The third kappa shape index (κ3) is 5.89. The van der Waals surface area contributed by atoms with E-state index in [1.54, 1.807) is 49.7 Å². The fourth-order valence-electron chi connectivity index (χ4n) is 2.54. The number of rotatable bonds is 9. The van der Waals surface area contributed by atoms with E-state index in [9.17, 15) is 9.59 Å². The third-order valence-corrected chi connectivity index (χ3v) is 4.92. The molecular formula is C20H21N5O5S. The molecule has 0 saturated carbocycles. The fourth-order valence-corrected chi connectivity index (χ4v) is 3.15. The third-order valence-electron chi connectivity index (χ3n) is 4.06. The second-order valence-electron chi connectivity index (χ2n) is 6.30. The van der Waals surface area contributed by atoms with Crippen LogP contribution >= 0.6 is 11.3 Å². The van der Waals surface area contributed by atoms with Crippen molar-refractivity contribution in [1.29, 1.82) is 0 Å². The molecule has 0 saturated heterocycles. The molecule has 1 aromatic carbocycles. The molecule has 0 radical (unpaired) electrons. The number of carbonyl (C=O) groups is 2. The number of nitrogens with one attached hydrogen (secondary N) is 2. The number of hydrazone groups is 1. The van der Waals surface area contributed by atoms with Crippen molar-refractivity contribution >= 4 is 28.9 Å². The van der Waals surface area contributed by atoms with Crippen LogP contribution in [-0.4, -0.2) is 41.9 Å². The van der Waals surface area contributed by atoms with E-state index in [0.29, 0.717) is 33.5 Å². The Morgan fingerprint density at radius 1 is 1.19 bits per heavy atom. The SMILES string of the molecule is COc1ccc(-c2noc(CNC(=O)C/C(C)=N/NC(=O)c3cccs3)n2)cc1OC. The Balaban J connectivity index is 1.51. The second-order valence-corrected chi connectivity index (χ2v) is 7.25. The molecular weight excluding hydrogens is 422 g/mol. The minimum absolute atomic E-state index is 0.0153. The minimum Gasteiger partial charge on any atom is -0.493 e. The van der Waals surface area contributed by atoms with Gasteiger partial charge in [0, 0.05) is 11.3 Å². The number of nitrogens with zero attached hydrogens (tertiary/aromatic N) is 3. The van der Waals surface area contributed by atoms with E-state index in [1.807, 2.05) is 0 Å². The molecule has 11 heteroatoms. The number of aromatic nitrogens is 2. The molecule has 31 heavy (non-hydrogen) atoms. The monoisotopic (exact) mass is 443 g/mol. The quantitative estimate of drug-likeness (QED) is 0.384. The zero-order valence-corrected chi connectivity index (χ0v) is 18.0. The van der Waals surface area contributed by atoms with Crippen molar-refractivity contribution in [2.45, 2.75) is 19.9 Å². The van der Waals surface area contributed by atoms with Crippen molar-refractivity contribution in [2.75, 3.05) is 14.2 Å². The molecule has 0 aliphatic rings. The van der Waals surface area contributed by atoms with Gasteiger partial charge < -0.3 is 19.3 Å². The lowest BCUT2D eigenvalue weighted by molar-refractivity contribution is -0.120. The molecule has 162 valence electrons. The topological polar surface area (TPSA) is 128 Å². The minimum atomic E-state index is -0.316. The summed E-state index contributed by atoms with van der Waals surface area (Å²) < 4.78 is 15.7. The first kappa shape index (κ1) is 22.0.